The molecular weight excluding hydrogens is 226 g/mol. The molecule has 92 valence electrons. The molecule has 0 spiro atoms. The first-order valence-corrected chi connectivity index (χ1v) is 7.12. The smallest absolute Gasteiger partial charge is 0.257 e. The highest BCUT2D eigenvalue weighted by Gasteiger charge is 2.15. The van der Waals surface area contributed by atoms with Crippen LogP contribution >= 0.6 is 0 Å². The lowest BCUT2D eigenvalue weighted by molar-refractivity contribution is 0.572. The summed E-state index contributed by atoms with van der Waals surface area (Å²) in [5, 5.41) is 0.154. The van der Waals surface area contributed by atoms with E-state index in [2.05, 4.69) is 21.6 Å². The third-order valence-electron chi connectivity index (χ3n) is 2.30. The molecule has 1 aromatic heterocycles. The molecule has 0 aliphatic rings. The van der Waals surface area contributed by atoms with Crippen LogP contribution in [0, 0.1) is 0 Å². The molecule has 5 nitrogen and oxygen atoms in total. The third-order valence-corrected chi connectivity index (χ3v) is 3.67. The van der Waals surface area contributed by atoms with Gasteiger partial charge < -0.3 is 4.98 Å². The number of hydrogen-bond donors (Lipinski definition) is 2. The minimum atomic E-state index is -3.40. The van der Waals surface area contributed by atoms with E-state index >= 15 is 0 Å². The molecule has 1 aromatic rings. The van der Waals surface area contributed by atoms with Gasteiger partial charge in [0.2, 0.25) is 0 Å². The Bertz CT molecular complexity index is 411. The number of aromatic nitrogens is 2. The van der Waals surface area contributed by atoms with E-state index in [0.717, 1.165) is 19.3 Å². The van der Waals surface area contributed by atoms with E-state index in [0.29, 0.717) is 18.8 Å². The highest BCUT2D eigenvalue weighted by Crippen LogP contribution is 2.06. The summed E-state index contributed by atoms with van der Waals surface area (Å²) >= 11 is 0. The normalized spacial score (nSPS) is 11.9. The quantitative estimate of drug-likeness (QED) is 0.714. The maximum Gasteiger partial charge on any atom is 0.257 e. The number of sulfonamides is 1. The molecule has 1 rings (SSSR count). The van der Waals surface area contributed by atoms with Gasteiger partial charge in [0.05, 0.1) is 6.20 Å². The Kier molecular flexibility index (Phi) is 4.95. The fourth-order valence-corrected chi connectivity index (χ4v) is 2.33. The minimum absolute atomic E-state index is 0.154. The maximum absolute atomic E-state index is 11.7. The van der Waals surface area contributed by atoms with E-state index in [1.807, 2.05) is 6.92 Å². The fourth-order valence-electron chi connectivity index (χ4n) is 1.32. The predicted octanol–water partition coefficient (Wildman–Crippen LogP) is 1.44. The fraction of sp³-hybridized carbons (Fsp3) is 0.700. The largest absolute Gasteiger partial charge is 0.332 e. The highest BCUT2D eigenvalue weighted by atomic mass is 32.2. The van der Waals surface area contributed by atoms with Crippen LogP contribution in [0.2, 0.25) is 0 Å². The molecule has 0 aliphatic carbocycles. The number of hydrogen-bond acceptors (Lipinski definition) is 3. The topological polar surface area (TPSA) is 74.8 Å². The van der Waals surface area contributed by atoms with Crippen LogP contribution in [0.3, 0.4) is 0 Å². The number of nitrogens with zero attached hydrogens (tertiary/aromatic N) is 1. The number of unbranched alkanes of at least 4 members (excludes halogenated alkanes) is 2. The molecule has 0 saturated carbocycles. The predicted molar refractivity (Wildman–Crippen MR) is 62.7 cm³/mol. The van der Waals surface area contributed by atoms with Crippen LogP contribution in [-0.4, -0.2) is 24.9 Å². The van der Waals surface area contributed by atoms with Crippen LogP contribution in [0.15, 0.2) is 11.2 Å². The summed E-state index contributed by atoms with van der Waals surface area (Å²) in [5.74, 6) is 0.689. The first-order chi connectivity index (χ1) is 7.60. The standard InChI is InChI=1S/C10H19N3O2S/c1-3-5-6-7-12-16(14,15)10-8-11-9(4-2)13-10/h8,12H,3-7H2,1-2H3,(H,11,13). The van der Waals surface area contributed by atoms with Gasteiger partial charge in [-0.15, -0.1) is 0 Å². The Labute approximate surface area is 96.7 Å². The average Bonchev–Trinajstić information content (AvgIpc) is 2.73. The second-order valence-electron chi connectivity index (χ2n) is 3.65. The van der Waals surface area contributed by atoms with Gasteiger partial charge in [0.15, 0.2) is 5.03 Å². The molecular formula is C10H19N3O2S. The molecule has 0 amide bonds. The van der Waals surface area contributed by atoms with Crippen LogP contribution in [0.1, 0.15) is 38.9 Å². The van der Waals surface area contributed by atoms with Gasteiger partial charge in [-0.25, -0.2) is 18.1 Å². The van der Waals surface area contributed by atoms with E-state index in [1.165, 1.54) is 6.20 Å². The van der Waals surface area contributed by atoms with Gasteiger partial charge in [0.25, 0.3) is 10.0 Å². The van der Waals surface area contributed by atoms with Crippen LogP contribution in [0.4, 0.5) is 0 Å². The van der Waals surface area contributed by atoms with Crippen LogP contribution < -0.4 is 4.72 Å². The van der Waals surface area contributed by atoms with Gasteiger partial charge in [0, 0.05) is 13.0 Å². The molecule has 0 aromatic carbocycles. The van der Waals surface area contributed by atoms with E-state index in [1.54, 1.807) is 0 Å². The Morgan fingerprint density at radius 2 is 2.12 bits per heavy atom. The van der Waals surface area contributed by atoms with Crippen molar-refractivity contribution in [3.63, 3.8) is 0 Å². The highest BCUT2D eigenvalue weighted by molar-refractivity contribution is 7.89. The van der Waals surface area contributed by atoms with Crippen molar-refractivity contribution in [2.75, 3.05) is 6.54 Å². The zero-order chi connectivity index (χ0) is 12.0. The first-order valence-electron chi connectivity index (χ1n) is 5.63. The second kappa shape index (κ2) is 6.00. The molecule has 1 heterocycles. The average molecular weight is 245 g/mol. The Morgan fingerprint density at radius 1 is 1.38 bits per heavy atom. The summed E-state index contributed by atoms with van der Waals surface area (Å²) in [6, 6.07) is 0. The number of H-pyrrole nitrogens is 1. The number of imidazole rings is 1. The van der Waals surface area contributed by atoms with E-state index in [9.17, 15) is 8.42 Å². The second-order valence-corrected chi connectivity index (χ2v) is 5.39. The van der Waals surface area contributed by atoms with Crippen molar-refractivity contribution in [1.29, 1.82) is 0 Å². The monoisotopic (exact) mass is 245 g/mol. The van der Waals surface area contributed by atoms with Crippen molar-refractivity contribution in [2.45, 2.75) is 44.6 Å². The summed E-state index contributed by atoms with van der Waals surface area (Å²) in [6.07, 6.45) is 5.04. The van der Waals surface area contributed by atoms with Crippen molar-refractivity contribution >= 4 is 10.0 Å². The lowest BCUT2D eigenvalue weighted by Crippen LogP contribution is -2.25. The molecule has 6 heteroatoms. The SMILES string of the molecule is CCCCCNS(=O)(=O)c1cnc(CC)[nH]1. The van der Waals surface area contributed by atoms with Crippen molar-refractivity contribution in [3.8, 4) is 0 Å². The van der Waals surface area contributed by atoms with Crippen molar-refractivity contribution in [2.24, 2.45) is 0 Å². The molecule has 0 saturated heterocycles. The lowest BCUT2D eigenvalue weighted by Gasteiger charge is -2.03. The molecule has 2 N–H and O–H groups in total. The number of rotatable bonds is 7. The minimum Gasteiger partial charge on any atom is -0.332 e. The maximum atomic E-state index is 11.7. The summed E-state index contributed by atoms with van der Waals surface area (Å²) in [4.78, 5) is 6.75. The molecule has 0 radical (unpaired) electrons. The summed E-state index contributed by atoms with van der Waals surface area (Å²) in [5.41, 5.74) is 0. The molecule has 0 unspecified atom stereocenters. The molecule has 16 heavy (non-hydrogen) atoms. The summed E-state index contributed by atoms with van der Waals surface area (Å²) in [6.45, 7) is 4.48. The van der Waals surface area contributed by atoms with E-state index in [4.69, 9.17) is 0 Å². The molecule has 0 aliphatic heterocycles. The molecule has 0 bridgehead atoms. The van der Waals surface area contributed by atoms with Crippen LogP contribution in [0.5, 0.6) is 0 Å². The number of nitrogens with one attached hydrogen (secondary N) is 2. The van der Waals surface area contributed by atoms with Crippen molar-refractivity contribution in [1.82, 2.24) is 14.7 Å². The van der Waals surface area contributed by atoms with Crippen molar-refractivity contribution in [3.05, 3.63) is 12.0 Å². The zero-order valence-corrected chi connectivity index (χ0v) is 10.6. The van der Waals surface area contributed by atoms with Crippen LogP contribution in [-0.2, 0) is 16.4 Å². The van der Waals surface area contributed by atoms with Gasteiger partial charge in [0.1, 0.15) is 5.82 Å². The van der Waals surface area contributed by atoms with Gasteiger partial charge >= 0.3 is 0 Å². The third kappa shape index (κ3) is 3.61. The van der Waals surface area contributed by atoms with Crippen LogP contribution in [0.25, 0.3) is 0 Å². The molecule has 0 fully saturated rings. The Hall–Kier alpha value is -0.880. The van der Waals surface area contributed by atoms with Gasteiger partial charge in [-0.05, 0) is 6.42 Å². The van der Waals surface area contributed by atoms with Gasteiger partial charge in [-0.2, -0.15) is 0 Å². The Balaban J connectivity index is 2.56. The summed E-state index contributed by atoms with van der Waals surface area (Å²) in [7, 11) is -3.40. The molecule has 0 atom stereocenters. The van der Waals surface area contributed by atoms with E-state index < -0.39 is 10.0 Å². The van der Waals surface area contributed by atoms with Crippen molar-refractivity contribution < 1.29 is 8.42 Å². The summed E-state index contributed by atoms with van der Waals surface area (Å²) < 4.78 is 26.0. The zero-order valence-electron chi connectivity index (χ0n) is 9.78. The van der Waals surface area contributed by atoms with Gasteiger partial charge in [-0.1, -0.05) is 26.7 Å². The first kappa shape index (κ1) is 13.2. The number of aromatic amines is 1. The van der Waals surface area contributed by atoms with Gasteiger partial charge in [-0.3, -0.25) is 0 Å². The number of aryl methyl sites for hydroxylation is 1. The lowest BCUT2D eigenvalue weighted by atomic mass is 10.3. The van der Waals surface area contributed by atoms with E-state index in [-0.39, 0.29) is 5.03 Å². The Morgan fingerprint density at radius 3 is 2.69 bits per heavy atom.